The fraction of sp³-hybridized carbons (Fsp3) is 0.455. The van der Waals surface area contributed by atoms with Crippen LogP contribution in [0.3, 0.4) is 0 Å². The molecule has 13 heavy (non-hydrogen) atoms. The Bertz CT molecular complexity index is 233. The van der Waals surface area contributed by atoms with Crippen LogP contribution in [0.2, 0.25) is 0 Å². The second-order valence-corrected chi connectivity index (χ2v) is 3.39. The molecule has 0 aliphatic carbocycles. The zero-order chi connectivity index (χ0) is 9.68. The average molecular weight is 179 g/mol. The van der Waals surface area contributed by atoms with E-state index in [0.717, 1.165) is 13.0 Å². The number of benzene rings is 1. The third kappa shape index (κ3) is 3.47. The Kier molecular flexibility index (Phi) is 3.77. The standard InChI is InChI=1S/C11H17NO/c1-10(13)8-9-12(2)11-6-4-3-5-7-11/h3-7,10,13H,8-9H2,1-2H3. The number of aliphatic hydroxyl groups excluding tert-OH is 1. The largest absolute Gasteiger partial charge is 0.393 e. The topological polar surface area (TPSA) is 23.5 Å². The Morgan fingerprint density at radius 1 is 1.31 bits per heavy atom. The summed E-state index contributed by atoms with van der Waals surface area (Å²) in [5, 5.41) is 9.12. The van der Waals surface area contributed by atoms with Crippen molar-refractivity contribution in [2.45, 2.75) is 19.4 Å². The molecule has 0 aromatic heterocycles. The first-order valence-corrected chi connectivity index (χ1v) is 4.64. The van der Waals surface area contributed by atoms with E-state index in [-0.39, 0.29) is 6.10 Å². The molecule has 0 radical (unpaired) electrons. The molecule has 1 aromatic rings. The second-order valence-electron chi connectivity index (χ2n) is 3.39. The van der Waals surface area contributed by atoms with Gasteiger partial charge in [0.2, 0.25) is 0 Å². The van der Waals surface area contributed by atoms with Crippen LogP contribution in [0.25, 0.3) is 0 Å². The number of anilines is 1. The molecule has 2 heteroatoms. The molecule has 0 saturated heterocycles. The monoisotopic (exact) mass is 179 g/mol. The maximum atomic E-state index is 9.12. The molecule has 0 saturated carbocycles. The van der Waals surface area contributed by atoms with Crippen LogP contribution in [-0.2, 0) is 0 Å². The van der Waals surface area contributed by atoms with Gasteiger partial charge in [-0.25, -0.2) is 0 Å². The normalized spacial score (nSPS) is 12.5. The molecule has 0 bridgehead atoms. The summed E-state index contributed by atoms with van der Waals surface area (Å²) in [5.41, 5.74) is 1.20. The SMILES string of the molecule is CC(O)CCN(C)c1ccccc1. The van der Waals surface area contributed by atoms with Crippen molar-refractivity contribution in [3.05, 3.63) is 30.3 Å². The van der Waals surface area contributed by atoms with Gasteiger partial charge in [0, 0.05) is 19.3 Å². The van der Waals surface area contributed by atoms with Gasteiger partial charge in [-0.1, -0.05) is 18.2 Å². The lowest BCUT2D eigenvalue weighted by atomic mass is 10.2. The van der Waals surface area contributed by atoms with E-state index < -0.39 is 0 Å². The zero-order valence-electron chi connectivity index (χ0n) is 8.27. The predicted molar refractivity (Wildman–Crippen MR) is 56.0 cm³/mol. The summed E-state index contributed by atoms with van der Waals surface area (Å²) >= 11 is 0. The van der Waals surface area contributed by atoms with E-state index >= 15 is 0 Å². The smallest absolute Gasteiger partial charge is 0.0528 e. The summed E-state index contributed by atoms with van der Waals surface area (Å²) in [6.45, 7) is 2.71. The van der Waals surface area contributed by atoms with Crippen LogP contribution in [0.15, 0.2) is 30.3 Å². The maximum Gasteiger partial charge on any atom is 0.0528 e. The van der Waals surface area contributed by atoms with E-state index in [2.05, 4.69) is 17.0 Å². The Morgan fingerprint density at radius 3 is 2.46 bits per heavy atom. The number of rotatable bonds is 4. The molecular weight excluding hydrogens is 162 g/mol. The first-order valence-electron chi connectivity index (χ1n) is 4.64. The van der Waals surface area contributed by atoms with E-state index in [1.165, 1.54) is 5.69 Å². The van der Waals surface area contributed by atoms with E-state index in [0.29, 0.717) is 0 Å². The number of aliphatic hydroxyl groups is 1. The van der Waals surface area contributed by atoms with Gasteiger partial charge >= 0.3 is 0 Å². The van der Waals surface area contributed by atoms with E-state index in [1.807, 2.05) is 32.2 Å². The number of hydrogen-bond acceptors (Lipinski definition) is 2. The molecule has 0 amide bonds. The fourth-order valence-corrected chi connectivity index (χ4v) is 1.19. The minimum absolute atomic E-state index is 0.217. The Labute approximate surface area is 79.8 Å². The minimum atomic E-state index is -0.217. The highest BCUT2D eigenvalue weighted by molar-refractivity contribution is 5.44. The highest BCUT2D eigenvalue weighted by Crippen LogP contribution is 2.11. The van der Waals surface area contributed by atoms with Crippen molar-refractivity contribution < 1.29 is 5.11 Å². The maximum absolute atomic E-state index is 9.12. The van der Waals surface area contributed by atoms with Crippen LogP contribution in [0.4, 0.5) is 5.69 Å². The molecule has 0 fully saturated rings. The second kappa shape index (κ2) is 4.87. The van der Waals surface area contributed by atoms with Crippen molar-refractivity contribution in [2.24, 2.45) is 0 Å². The van der Waals surface area contributed by atoms with E-state index in [4.69, 9.17) is 5.11 Å². The molecule has 1 N–H and O–H groups in total. The van der Waals surface area contributed by atoms with Crippen LogP contribution in [0.1, 0.15) is 13.3 Å². The number of hydrogen-bond donors (Lipinski definition) is 1. The molecular formula is C11H17NO. The number of nitrogens with zero attached hydrogens (tertiary/aromatic N) is 1. The summed E-state index contributed by atoms with van der Waals surface area (Å²) in [6, 6.07) is 10.2. The molecule has 1 rings (SSSR count). The van der Waals surface area contributed by atoms with Gasteiger partial charge in [-0.15, -0.1) is 0 Å². The van der Waals surface area contributed by atoms with Gasteiger partial charge in [0.1, 0.15) is 0 Å². The third-order valence-corrected chi connectivity index (χ3v) is 2.08. The molecule has 1 aromatic carbocycles. The minimum Gasteiger partial charge on any atom is -0.393 e. The van der Waals surface area contributed by atoms with Crippen molar-refractivity contribution >= 4 is 5.69 Å². The summed E-state index contributed by atoms with van der Waals surface area (Å²) in [5.74, 6) is 0. The fourth-order valence-electron chi connectivity index (χ4n) is 1.19. The summed E-state index contributed by atoms with van der Waals surface area (Å²) < 4.78 is 0. The first-order chi connectivity index (χ1) is 6.20. The van der Waals surface area contributed by atoms with Gasteiger partial charge in [-0.2, -0.15) is 0 Å². The van der Waals surface area contributed by atoms with Gasteiger partial charge in [-0.3, -0.25) is 0 Å². The van der Waals surface area contributed by atoms with Crippen LogP contribution in [0, 0.1) is 0 Å². The van der Waals surface area contributed by atoms with Crippen LogP contribution in [0.5, 0.6) is 0 Å². The molecule has 0 heterocycles. The van der Waals surface area contributed by atoms with Gasteiger partial charge in [0.05, 0.1) is 6.10 Å². The van der Waals surface area contributed by atoms with Crippen LogP contribution >= 0.6 is 0 Å². The Morgan fingerprint density at radius 2 is 1.92 bits per heavy atom. The Hall–Kier alpha value is -1.02. The molecule has 1 atom stereocenters. The lowest BCUT2D eigenvalue weighted by molar-refractivity contribution is 0.187. The molecule has 2 nitrogen and oxygen atoms in total. The summed E-state index contributed by atoms with van der Waals surface area (Å²) in [6.07, 6.45) is 0.594. The molecule has 0 aliphatic rings. The van der Waals surface area contributed by atoms with Crippen molar-refractivity contribution in [2.75, 3.05) is 18.5 Å². The van der Waals surface area contributed by atoms with Gasteiger partial charge in [0.25, 0.3) is 0 Å². The first kappa shape index (κ1) is 10.1. The average Bonchev–Trinajstić information content (AvgIpc) is 2.15. The predicted octanol–water partition coefficient (Wildman–Crippen LogP) is 1.89. The van der Waals surface area contributed by atoms with Crippen molar-refractivity contribution in [1.82, 2.24) is 0 Å². The van der Waals surface area contributed by atoms with Crippen LogP contribution < -0.4 is 4.90 Å². The van der Waals surface area contributed by atoms with E-state index in [1.54, 1.807) is 0 Å². The number of para-hydroxylation sites is 1. The van der Waals surface area contributed by atoms with Crippen molar-refractivity contribution in [1.29, 1.82) is 0 Å². The highest BCUT2D eigenvalue weighted by Gasteiger charge is 2.01. The Balaban J connectivity index is 2.44. The molecule has 0 aliphatic heterocycles. The van der Waals surface area contributed by atoms with Crippen LogP contribution in [-0.4, -0.2) is 24.8 Å². The summed E-state index contributed by atoms with van der Waals surface area (Å²) in [4.78, 5) is 2.15. The van der Waals surface area contributed by atoms with Gasteiger partial charge in [0.15, 0.2) is 0 Å². The third-order valence-electron chi connectivity index (χ3n) is 2.08. The molecule has 1 unspecified atom stereocenters. The zero-order valence-corrected chi connectivity index (χ0v) is 8.27. The quantitative estimate of drug-likeness (QED) is 0.763. The lowest BCUT2D eigenvalue weighted by Gasteiger charge is -2.19. The van der Waals surface area contributed by atoms with E-state index in [9.17, 15) is 0 Å². The molecule has 0 spiro atoms. The lowest BCUT2D eigenvalue weighted by Crippen LogP contribution is -2.21. The summed E-state index contributed by atoms with van der Waals surface area (Å²) in [7, 11) is 2.04. The van der Waals surface area contributed by atoms with Gasteiger partial charge in [-0.05, 0) is 25.5 Å². The highest BCUT2D eigenvalue weighted by atomic mass is 16.3. The van der Waals surface area contributed by atoms with Crippen molar-refractivity contribution in [3.63, 3.8) is 0 Å². The van der Waals surface area contributed by atoms with Gasteiger partial charge < -0.3 is 10.0 Å². The molecule has 72 valence electrons. The van der Waals surface area contributed by atoms with Crippen molar-refractivity contribution in [3.8, 4) is 0 Å².